The van der Waals surface area contributed by atoms with Crippen molar-refractivity contribution >= 4 is 17.4 Å². The van der Waals surface area contributed by atoms with Gasteiger partial charge in [-0.1, -0.05) is 28.9 Å². The predicted molar refractivity (Wildman–Crippen MR) is 66.1 cm³/mol. The molecule has 0 atom stereocenters. The van der Waals surface area contributed by atoms with Crippen molar-refractivity contribution in [3.8, 4) is 11.8 Å². The third kappa shape index (κ3) is 2.67. The van der Waals surface area contributed by atoms with Gasteiger partial charge in [0, 0.05) is 6.20 Å². The van der Waals surface area contributed by atoms with E-state index in [1.807, 2.05) is 0 Å². The van der Waals surface area contributed by atoms with Gasteiger partial charge in [-0.3, -0.25) is 0 Å². The second-order valence-electron chi connectivity index (χ2n) is 3.24. The highest BCUT2D eigenvalue weighted by molar-refractivity contribution is 6.32. The fraction of sp³-hybridized carbons (Fsp3) is 0. The van der Waals surface area contributed by atoms with Crippen molar-refractivity contribution in [1.82, 2.24) is 9.97 Å². The quantitative estimate of drug-likeness (QED) is 0.383. The van der Waals surface area contributed by atoms with Crippen molar-refractivity contribution < 1.29 is 9.94 Å². The summed E-state index contributed by atoms with van der Waals surface area (Å²) < 4.78 is 5.40. The second-order valence-corrected chi connectivity index (χ2v) is 3.65. The van der Waals surface area contributed by atoms with E-state index in [0.29, 0.717) is 10.8 Å². The van der Waals surface area contributed by atoms with Crippen LogP contribution in [-0.2, 0) is 0 Å². The van der Waals surface area contributed by atoms with Crippen molar-refractivity contribution in [3.63, 3.8) is 0 Å². The lowest BCUT2D eigenvalue weighted by Crippen LogP contribution is -2.15. The van der Waals surface area contributed by atoms with Crippen molar-refractivity contribution in [2.45, 2.75) is 0 Å². The Hall–Kier alpha value is -2.34. The molecule has 18 heavy (non-hydrogen) atoms. The van der Waals surface area contributed by atoms with Crippen molar-refractivity contribution in [1.29, 1.82) is 0 Å². The first-order valence-corrected chi connectivity index (χ1v) is 5.32. The number of oxime groups is 1. The van der Waals surface area contributed by atoms with E-state index in [9.17, 15) is 0 Å². The summed E-state index contributed by atoms with van der Waals surface area (Å²) in [5.41, 5.74) is 5.67. The molecule has 2 rings (SSSR count). The van der Waals surface area contributed by atoms with Gasteiger partial charge >= 0.3 is 6.01 Å². The number of para-hydroxylation sites is 1. The van der Waals surface area contributed by atoms with Gasteiger partial charge in [-0.2, -0.15) is 4.98 Å². The fourth-order valence-corrected chi connectivity index (χ4v) is 1.38. The number of nitrogens with zero attached hydrogens (tertiary/aromatic N) is 3. The second kappa shape index (κ2) is 5.33. The predicted octanol–water partition coefficient (Wildman–Crippen LogP) is 2.02. The molecule has 1 aromatic heterocycles. The average molecular weight is 265 g/mol. The van der Waals surface area contributed by atoms with Crippen LogP contribution in [0.4, 0.5) is 0 Å². The lowest BCUT2D eigenvalue weighted by atomic mass is 10.3. The zero-order valence-corrected chi connectivity index (χ0v) is 9.87. The van der Waals surface area contributed by atoms with E-state index < -0.39 is 0 Å². The number of aromatic nitrogens is 2. The van der Waals surface area contributed by atoms with Crippen LogP contribution in [0, 0.1) is 0 Å². The van der Waals surface area contributed by atoms with Crippen LogP contribution in [0.25, 0.3) is 0 Å². The number of amidine groups is 1. The molecule has 0 radical (unpaired) electrons. The molecule has 92 valence electrons. The van der Waals surface area contributed by atoms with Crippen LogP contribution >= 0.6 is 11.6 Å². The summed E-state index contributed by atoms with van der Waals surface area (Å²) in [7, 11) is 0. The maximum Gasteiger partial charge on any atom is 0.322 e. The van der Waals surface area contributed by atoms with Crippen molar-refractivity contribution in [3.05, 3.63) is 47.2 Å². The van der Waals surface area contributed by atoms with E-state index in [0.717, 1.165) is 0 Å². The van der Waals surface area contributed by atoms with Gasteiger partial charge in [-0.25, -0.2) is 4.98 Å². The van der Waals surface area contributed by atoms with E-state index in [-0.39, 0.29) is 17.5 Å². The molecule has 0 amide bonds. The Morgan fingerprint density at radius 3 is 2.83 bits per heavy atom. The SMILES string of the molecule is N/C(=N/O)c1ccnc(Oc2ccccc2Cl)n1. The van der Waals surface area contributed by atoms with Crippen LogP contribution in [0.2, 0.25) is 5.02 Å². The zero-order valence-electron chi connectivity index (χ0n) is 9.12. The molecule has 0 aliphatic carbocycles. The fourth-order valence-electron chi connectivity index (χ4n) is 1.21. The average Bonchev–Trinajstić information content (AvgIpc) is 2.41. The molecule has 0 unspecified atom stereocenters. The van der Waals surface area contributed by atoms with E-state index in [2.05, 4.69) is 15.1 Å². The topological polar surface area (TPSA) is 93.6 Å². The molecule has 0 saturated heterocycles. The molecule has 3 N–H and O–H groups in total. The largest absolute Gasteiger partial charge is 0.423 e. The Balaban J connectivity index is 2.28. The molecular formula is C11H9ClN4O2. The van der Waals surface area contributed by atoms with Crippen LogP contribution < -0.4 is 10.5 Å². The van der Waals surface area contributed by atoms with Gasteiger partial charge in [-0.15, -0.1) is 0 Å². The maximum absolute atomic E-state index is 8.55. The van der Waals surface area contributed by atoms with Crippen LogP contribution in [0.5, 0.6) is 11.8 Å². The summed E-state index contributed by atoms with van der Waals surface area (Å²) in [6, 6.07) is 8.48. The van der Waals surface area contributed by atoms with Crippen molar-refractivity contribution in [2.75, 3.05) is 0 Å². The standard InChI is InChI=1S/C11H9ClN4O2/c12-7-3-1-2-4-9(7)18-11-14-6-5-8(15-11)10(13)16-17/h1-6,17H,(H2,13,16). The molecule has 0 aliphatic heterocycles. The first-order chi connectivity index (χ1) is 8.70. The molecule has 1 aromatic carbocycles. The summed E-state index contributed by atoms with van der Waals surface area (Å²) in [6.07, 6.45) is 1.44. The Morgan fingerprint density at radius 2 is 2.11 bits per heavy atom. The molecule has 0 fully saturated rings. The van der Waals surface area contributed by atoms with Crippen LogP contribution in [0.1, 0.15) is 5.69 Å². The van der Waals surface area contributed by atoms with Gasteiger partial charge in [0.05, 0.1) is 5.02 Å². The first kappa shape index (κ1) is 12.1. The molecule has 2 aromatic rings. The number of halogens is 1. The Morgan fingerprint density at radius 1 is 1.33 bits per heavy atom. The number of nitrogens with two attached hydrogens (primary N) is 1. The minimum Gasteiger partial charge on any atom is -0.423 e. The van der Waals surface area contributed by atoms with E-state index in [1.165, 1.54) is 12.3 Å². The highest BCUT2D eigenvalue weighted by Gasteiger charge is 2.07. The van der Waals surface area contributed by atoms with E-state index in [4.69, 9.17) is 27.3 Å². The van der Waals surface area contributed by atoms with Gasteiger partial charge < -0.3 is 15.7 Å². The summed E-state index contributed by atoms with van der Waals surface area (Å²) in [5.74, 6) is 0.303. The minimum absolute atomic E-state index is 0.0622. The molecule has 6 nitrogen and oxygen atoms in total. The number of hydrogen-bond donors (Lipinski definition) is 2. The molecular weight excluding hydrogens is 256 g/mol. The molecule has 0 saturated carbocycles. The number of hydrogen-bond acceptors (Lipinski definition) is 5. The summed E-state index contributed by atoms with van der Waals surface area (Å²) in [5, 5.41) is 11.8. The first-order valence-electron chi connectivity index (χ1n) is 4.94. The summed E-state index contributed by atoms with van der Waals surface area (Å²) in [4.78, 5) is 7.88. The van der Waals surface area contributed by atoms with Gasteiger partial charge in [0.15, 0.2) is 5.84 Å². The third-order valence-corrected chi connectivity index (χ3v) is 2.35. The molecule has 0 bridgehead atoms. The maximum atomic E-state index is 8.55. The molecule has 7 heteroatoms. The van der Waals surface area contributed by atoms with E-state index in [1.54, 1.807) is 24.3 Å². The van der Waals surface area contributed by atoms with Gasteiger partial charge in [-0.05, 0) is 18.2 Å². The Bertz CT molecular complexity index is 589. The summed E-state index contributed by atoms with van der Waals surface area (Å²) >= 11 is 5.93. The number of benzene rings is 1. The zero-order chi connectivity index (χ0) is 13.0. The Labute approximate surface area is 108 Å². The number of ether oxygens (including phenoxy) is 1. The van der Waals surface area contributed by atoms with Crippen LogP contribution in [0.15, 0.2) is 41.7 Å². The monoisotopic (exact) mass is 264 g/mol. The van der Waals surface area contributed by atoms with Crippen LogP contribution in [-0.4, -0.2) is 21.0 Å². The molecule has 1 heterocycles. The highest BCUT2D eigenvalue weighted by Crippen LogP contribution is 2.26. The van der Waals surface area contributed by atoms with Crippen LogP contribution in [0.3, 0.4) is 0 Å². The van der Waals surface area contributed by atoms with Gasteiger partial charge in [0.25, 0.3) is 0 Å². The Kier molecular flexibility index (Phi) is 3.59. The lowest BCUT2D eigenvalue weighted by Gasteiger charge is -2.05. The molecule has 0 aliphatic rings. The minimum atomic E-state index is -0.124. The van der Waals surface area contributed by atoms with Crippen molar-refractivity contribution in [2.24, 2.45) is 10.9 Å². The third-order valence-electron chi connectivity index (χ3n) is 2.04. The molecule has 0 spiro atoms. The normalized spacial score (nSPS) is 11.3. The van der Waals surface area contributed by atoms with E-state index >= 15 is 0 Å². The number of rotatable bonds is 3. The lowest BCUT2D eigenvalue weighted by molar-refractivity contribution is 0.318. The summed E-state index contributed by atoms with van der Waals surface area (Å²) in [6.45, 7) is 0. The van der Waals surface area contributed by atoms with Gasteiger partial charge in [0.1, 0.15) is 11.4 Å². The highest BCUT2D eigenvalue weighted by atomic mass is 35.5. The van der Waals surface area contributed by atoms with Gasteiger partial charge in [0.2, 0.25) is 0 Å². The smallest absolute Gasteiger partial charge is 0.322 e.